The van der Waals surface area contributed by atoms with E-state index in [1.165, 1.54) is 0 Å². The van der Waals surface area contributed by atoms with Crippen molar-refractivity contribution in [1.29, 1.82) is 5.26 Å². The van der Waals surface area contributed by atoms with Gasteiger partial charge in [-0.15, -0.1) is 0 Å². The van der Waals surface area contributed by atoms with Gasteiger partial charge in [0.05, 0.1) is 6.07 Å². The first-order chi connectivity index (χ1) is 8.33. The molecule has 0 amide bonds. The molecule has 0 aliphatic rings. The van der Waals surface area contributed by atoms with Crippen LogP contribution in [0.25, 0.3) is 0 Å². The van der Waals surface area contributed by atoms with E-state index in [0.29, 0.717) is 12.0 Å². The van der Waals surface area contributed by atoms with Gasteiger partial charge in [0.2, 0.25) is 0 Å². The molecule has 0 fully saturated rings. The molecule has 0 saturated heterocycles. The van der Waals surface area contributed by atoms with Gasteiger partial charge in [-0.2, -0.15) is 5.26 Å². The number of nitriles is 1. The third-order valence-corrected chi connectivity index (χ3v) is 4.14. The zero-order valence-electron chi connectivity index (χ0n) is 12.0. The standard InChI is InChI=1S/C15H21BFN/c1-5-15(3,4)12(6-7-18)11-9-13(16)10(2)8-14(11)17/h8-9,12H,5-6,16H2,1-4H3. The number of rotatable bonds is 4. The third-order valence-electron chi connectivity index (χ3n) is 4.14. The second-order valence-corrected chi connectivity index (χ2v) is 5.71. The Hall–Kier alpha value is -1.30. The fourth-order valence-corrected chi connectivity index (χ4v) is 2.22. The van der Waals surface area contributed by atoms with E-state index in [9.17, 15) is 4.39 Å². The van der Waals surface area contributed by atoms with Crippen LogP contribution in [0.4, 0.5) is 4.39 Å². The van der Waals surface area contributed by atoms with Crippen LogP contribution in [0.15, 0.2) is 12.1 Å². The lowest BCUT2D eigenvalue weighted by atomic mass is 9.70. The van der Waals surface area contributed by atoms with Gasteiger partial charge in [-0.1, -0.05) is 44.3 Å². The molecular formula is C15H21BFN. The van der Waals surface area contributed by atoms with Crippen molar-refractivity contribution >= 4 is 13.3 Å². The summed E-state index contributed by atoms with van der Waals surface area (Å²) in [6.07, 6.45) is 1.28. The van der Waals surface area contributed by atoms with E-state index < -0.39 is 0 Å². The third kappa shape index (κ3) is 2.93. The van der Waals surface area contributed by atoms with Crippen LogP contribution < -0.4 is 5.46 Å². The van der Waals surface area contributed by atoms with Gasteiger partial charge in [0.25, 0.3) is 0 Å². The Morgan fingerprint density at radius 1 is 1.44 bits per heavy atom. The molecule has 1 aromatic rings. The number of aryl methyl sites for hydroxylation is 1. The molecule has 0 N–H and O–H groups in total. The normalized spacial score (nSPS) is 13.1. The van der Waals surface area contributed by atoms with E-state index in [-0.39, 0.29) is 17.2 Å². The monoisotopic (exact) mass is 245 g/mol. The molecule has 1 atom stereocenters. The number of halogens is 1. The van der Waals surface area contributed by atoms with Gasteiger partial charge < -0.3 is 0 Å². The first kappa shape index (κ1) is 14.8. The number of nitrogens with zero attached hydrogens (tertiary/aromatic N) is 1. The van der Waals surface area contributed by atoms with Crippen molar-refractivity contribution in [3.05, 3.63) is 29.1 Å². The summed E-state index contributed by atoms with van der Waals surface area (Å²) < 4.78 is 14.2. The number of hydrogen-bond acceptors (Lipinski definition) is 1. The highest BCUT2D eigenvalue weighted by atomic mass is 19.1. The summed E-state index contributed by atoms with van der Waals surface area (Å²) in [4.78, 5) is 0. The Morgan fingerprint density at radius 3 is 2.56 bits per heavy atom. The molecule has 0 saturated carbocycles. The smallest absolute Gasteiger partial charge is 0.139 e. The van der Waals surface area contributed by atoms with Crippen molar-refractivity contribution in [3.63, 3.8) is 0 Å². The van der Waals surface area contributed by atoms with Crippen LogP contribution in [0, 0.1) is 29.5 Å². The van der Waals surface area contributed by atoms with Crippen LogP contribution in [0.3, 0.4) is 0 Å². The quantitative estimate of drug-likeness (QED) is 0.748. The summed E-state index contributed by atoms with van der Waals surface area (Å²) in [5.74, 6) is -0.230. The lowest BCUT2D eigenvalue weighted by Crippen LogP contribution is -2.24. The molecule has 0 aliphatic carbocycles. The molecule has 0 spiro atoms. The molecule has 0 bridgehead atoms. The molecule has 0 radical (unpaired) electrons. The molecule has 96 valence electrons. The predicted octanol–water partition coefficient (Wildman–Crippen LogP) is 2.83. The highest BCUT2D eigenvalue weighted by Crippen LogP contribution is 2.41. The van der Waals surface area contributed by atoms with E-state index >= 15 is 0 Å². The van der Waals surface area contributed by atoms with Crippen LogP contribution in [0.1, 0.15) is 50.7 Å². The molecule has 0 aliphatic heterocycles. The van der Waals surface area contributed by atoms with Gasteiger partial charge in [0, 0.05) is 12.3 Å². The first-order valence-corrected chi connectivity index (χ1v) is 6.47. The molecule has 0 heterocycles. The number of hydrogen-bond donors (Lipinski definition) is 0. The topological polar surface area (TPSA) is 23.8 Å². The Bertz CT molecular complexity index is 474. The second kappa shape index (κ2) is 5.56. The fourth-order valence-electron chi connectivity index (χ4n) is 2.22. The first-order valence-electron chi connectivity index (χ1n) is 6.47. The minimum Gasteiger partial charge on any atom is -0.207 e. The molecule has 0 aromatic heterocycles. The van der Waals surface area contributed by atoms with E-state index in [0.717, 1.165) is 17.4 Å². The molecule has 1 aromatic carbocycles. The van der Waals surface area contributed by atoms with Gasteiger partial charge in [-0.25, -0.2) is 4.39 Å². The Morgan fingerprint density at radius 2 is 2.06 bits per heavy atom. The van der Waals surface area contributed by atoms with Crippen LogP contribution in [-0.2, 0) is 0 Å². The van der Waals surface area contributed by atoms with E-state index in [1.807, 2.05) is 20.8 Å². The van der Waals surface area contributed by atoms with E-state index in [4.69, 9.17) is 5.26 Å². The average molecular weight is 245 g/mol. The van der Waals surface area contributed by atoms with Crippen molar-refractivity contribution in [2.24, 2.45) is 5.41 Å². The van der Waals surface area contributed by atoms with Gasteiger partial charge in [-0.3, -0.25) is 0 Å². The van der Waals surface area contributed by atoms with E-state index in [2.05, 4.69) is 26.8 Å². The summed E-state index contributed by atoms with van der Waals surface area (Å²) in [5.41, 5.74) is 2.66. The fraction of sp³-hybridized carbons (Fsp3) is 0.533. The van der Waals surface area contributed by atoms with Crippen LogP contribution >= 0.6 is 0 Å². The zero-order valence-corrected chi connectivity index (χ0v) is 12.0. The largest absolute Gasteiger partial charge is 0.207 e. The lowest BCUT2D eigenvalue weighted by Gasteiger charge is -2.33. The van der Waals surface area contributed by atoms with Crippen LogP contribution in [0.5, 0.6) is 0 Å². The summed E-state index contributed by atoms with van der Waals surface area (Å²) >= 11 is 0. The van der Waals surface area contributed by atoms with Gasteiger partial charge in [0.1, 0.15) is 13.7 Å². The maximum absolute atomic E-state index is 14.2. The van der Waals surface area contributed by atoms with E-state index in [1.54, 1.807) is 6.07 Å². The Labute approximate surface area is 110 Å². The highest BCUT2D eigenvalue weighted by molar-refractivity contribution is 6.33. The molecule has 1 nitrogen and oxygen atoms in total. The average Bonchev–Trinajstić information content (AvgIpc) is 2.31. The molecule has 1 unspecified atom stereocenters. The maximum atomic E-state index is 14.2. The predicted molar refractivity (Wildman–Crippen MR) is 76.4 cm³/mol. The highest BCUT2D eigenvalue weighted by Gasteiger charge is 2.31. The lowest BCUT2D eigenvalue weighted by molar-refractivity contribution is 0.270. The number of benzene rings is 1. The van der Waals surface area contributed by atoms with Crippen LogP contribution in [-0.4, -0.2) is 7.85 Å². The zero-order chi connectivity index (χ0) is 13.9. The molecular weight excluding hydrogens is 224 g/mol. The van der Waals surface area contributed by atoms with Gasteiger partial charge >= 0.3 is 0 Å². The minimum absolute atomic E-state index is 0.0493. The molecule has 3 heteroatoms. The van der Waals surface area contributed by atoms with Crippen molar-refractivity contribution in [3.8, 4) is 6.07 Å². The summed E-state index contributed by atoms with van der Waals surface area (Å²) in [6.45, 7) is 8.20. The van der Waals surface area contributed by atoms with Crippen molar-refractivity contribution in [1.82, 2.24) is 0 Å². The van der Waals surface area contributed by atoms with Crippen molar-refractivity contribution < 1.29 is 4.39 Å². The Kier molecular flexibility index (Phi) is 4.56. The van der Waals surface area contributed by atoms with Gasteiger partial charge in [0.15, 0.2) is 0 Å². The SMILES string of the molecule is Bc1cc(C(CC#N)C(C)(C)CC)c(F)cc1C. The minimum atomic E-state index is -0.181. The van der Waals surface area contributed by atoms with Gasteiger partial charge in [-0.05, 0) is 24.0 Å². The Balaban J connectivity index is 3.31. The van der Waals surface area contributed by atoms with Crippen LogP contribution in [0.2, 0.25) is 0 Å². The summed E-state index contributed by atoms with van der Waals surface area (Å²) in [7, 11) is 1.99. The summed E-state index contributed by atoms with van der Waals surface area (Å²) in [6, 6.07) is 5.69. The molecule has 18 heavy (non-hydrogen) atoms. The van der Waals surface area contributed by atoms with Crippen molar-refractivity contribution in [2.75, 3.05) is 0 Å². The summed E-state index contributed by atoms with van der Waals surface area (Å²) in [5, 5.41) is 9.00. The second-order valence-electron chi connectivity index (χ2n) is 5.71. The maximum Gasteiger partial charge on any atom is 0.139 e. The molecule has 1 rings (SSSR count). The van der Waals surface area contributed by atoms with Crippen molar-refractivity contribution in [2.45, 2.75) is 46.5 Å².